The van der Waals surface area contributed by atoms with E-state index in [2.05, 4.69) is 54.4 Å². The monoisotopic (exact) mass is 295 g/mol. The maximum Gasteiger partial charge on any atom is 0.121 e. The molecule has 0 saturated carbocycles. The van der Waals surface area contributed by atoms with Gasteiger partial charge in [-0.3, -0.25) is 0 Å². The van der Waals surface area contributed by atoms with Crippen molar-refractivity contribution < 1.29 is 4.74 Å². The molecule has 0 aliphatic carbocycles. The molecule has 0 amide bonds. The number of hydrogen-bond acceptors (Lipinski definition) is 1. The molecule has 0 unspecified atom stereocenters. The molecular formula is C20H25NO. The molecule has 0 spiro atoms. The lowest BCUT2D eigenvalue weighted by molar-refractivity contribution is 0.304. The SMILES string of the molecule is CCCCCCCCOc1ccc2c(c1)[nH]c1ccccc12. The van der Waals surface area contributed by atoms with Gasteiger partial charge in [-0.1, -0.05) is 57.2 Å². The van der Waals surface area contributed by atoms with E-state index in [1.807, 2.05) is 0 Å². The number of unbranched alkanes of at least 4 members (excludes halogenated alkanes) is 5. The van der Waals surface area contributed by atoms with Crippen LogP contribution in [0.3, 0.4) is 0 Å². The van der Waals surface area contributed by atoms with Crippen molar-refractivity contribution in [3.63, 3.8) is 0 Å². The molecule has 0 saturated heterocycles. The lowest BCUT2D eigenvalue weighted by atomic mass is 10.1. The fourth-order valence-corrected chi connectivity index (χ4v) is 3.00. The van der Waals surface area contributed by atoms with E-state index in [9.17, 15) is 0 Å². The first-order chi connectivity index (χ1) is 10.9. The van der Waals surface area contributed by atoms with Gasteiger partial charge in [0.1, 0.15) is 5.75 Å². The first kappa shape index (κ1) is 15.0. The highest BCUT2D eigenvalue weighted by Crippen LogP contribution is 2.28. The van der Waals surface area contributed by atoms with Crippen LogP contribution in [0.15, 0.2) is 42.5 Å². The molecule has 2 aromatic carbocycles. The number of aromatic amines is 1. The summed E-state index contributed by atoms with van der Waals surface area (Å²) in [6.45, 7) is 3.07. The number of aromatic nitrogens is 1. The minimum Gasteiger partial charge on any atom is -0.494 e. The molecule has 0 fully saturated rings. The Labute approximate surface area is 132 Å². The second kappa shape index (κ2) is 7.35. The molecule has 0 atom stereocenters. The van der Waals surface area contributed by atoms with Crippen molar-refractivity contribution in [1.29, 1.82) is 0 Å². The van der Waals surface area contributed by atoms with Gasteiger partial charge in [0, 0.05) is 22.4 Å². The van der Waals surface area contributed by atoms with E-state index in [4.69, 9.17) is 4.74 Å². The Morgan fingerprint density at radius 2 is 1.59 bits per heavy atom. The van der Waals surface area contributed by atoms with Gasteiger partial charge in [0.25, 0.3) is 0 Å². The van der Waals surface area contributed by atoms with Crippen molar-refractivity contribution >= 4 is 21.8 Å². The van der Waals surface area contributed by atoms with Crippen molar-refractivity contribution in [2.75, 3.05) is 6.61 Å². The van der Waals surface area contributed by atoms with Gasteiger partial charge in [-0.25, -0.2) is 0 Å². The highest BCUT2D eigenvalue weighted by molar-refractivity contribution is 6.07. The zero-order valence-corrected chi connectivity index (χ0v) is 13.4. The van der Waals surface area contributed by atoms with E-state index in [1.165, 1.54) is 48.4 Å². The van der Waals surface area contributed by atoms with Gasteiger partial charge in [-0.15, -0.1) is 0 Å². The van der Waals surface area contributed by atoms with Crippen molar-refractivity contribution in [1.82, 2.24) is 4.98 Å². The zero-order chi connectivity index (χ0) is 15.2. The van der Waals surface area contributed by atoms with Gasteiger partial charge in [0.05, 0.1) is 12.1 Å². The predicted molar refractivity (Wildman–Crippen MR) is 94.7 cm³/mol. The van der Waals surface area contributed by atoms with Gasteiger partial charge in [-0.2, -0.15) is 0 Å². The van der Waals surface area contributed by atoms with E-state index in [-0.39, 0.29) is 0 Å². The summed E-state index contributed by atoms with van der Waals surface area (Å²) < 4.78 is 5.90. The summed E-state index contributed by atoms with van der Waals surface area (Å²) in [5, 5.41) is 2.54. The number of rotatable bonds is 8. The molecule has 0 aliphatic rings. The minimum atomic E-state index is 0.817. The van der Waals surface area contributed by atoms with Gasteiger partial charge in [0.15, 0.2) is 0 Å². The molecule has 3 aromatic rings. The summed E-state index contributed by atoms with van der Waals surface area (Å²) in [4.78, 5) is 3.46. The molecular weight excluding hydrogens is 270 g/mol. The van der Waals surface area contributed by atoms with Crippen LogP contribution in [-0.4, -0.2) is 11.6 Å². The topological polar surface area (TPSA) is 25.0 Å². The predicted octanol–water partition coefficient (Wildman–Crippen LogP) is 6.06. The Hall–Kier alpha value is -1.96. The van der Waals surface area contributed by atoms with Crippen molar-refractivity contribution in [2.45, 2.75) is 45.4 Å². The molecule has 0 radical (unpaired) electrons. The third kappa shape index (κ3) is 3.44. The van der Waals surface area contributed by atoms with Crippen LogP contribution in [0.2, 0.25) is 0 Å². The van der Waals surface area contributed by atoms with Crippen LogP contribution >= 0.6 is 0 Å². The summed E-state index contributed by atoms with van der Waals surface area (Å²) in [6, 6.07) is 14.8. The summed E-state index contributed by atoms with van der Waals surface area (Å²) >= 11 is 0. The zero-order valence-electron chi connectivity index (χ0n) is 13.4. The second-order valence-electron chi connectivity index (χ2n) is 5.99. The molecule has 0 bridgehead atoms. The lowest BCUT2D eigenvalue weighted by Crippen LogP contribution is -1.97. The molecule has 1 heterocycles. The first-order valence-corrected chi connectivity index (χ1v) is 8.52. The first-order valence-electron chi connectivity index (χ1n) is 8.52. The van der Waals surface area contributed by atoms with E-state index >= 15 is 0 Å². The van der Waals surface area contributed by atoms with Crippen LogP contribution in [0, 0.1) is 0 Å². The van der Waals surface area contributed by atoms with Gasteiger partial charge in [-0.05, 0) is 24.6 Å². The number of para-hydroxylation sites is 1. The summed E-state index contributed by atoms with van der Waals surface area (Å²) in [5.74, 6) is 0.965. The summed E-state index contributed by atoms with van der Waals surface area (Å²) in [7, 11) is 0. The van der Waals surface area contributed by atoms with E-state index in [0.29, 0.717) is 0 Å². The fraction of sp³-hybridized carbons (Fsp3) is 0.400. The normalized spacial score (nSPS) is 11.3. The van der Waals surface area contributed by atoms with Gasteiger partial charge in [0.2, 0.25) is 0 Å². The number of hydrogen-bond donors (Lipinski definition) is 1. The molecule has 116 valence electrons. The molecule has 1 aromatic heterocycles. The molecule has 2 nitrogen and oxygen atoms in total. The van der Waals surface area contributed by atoms with Crippen LogP contribution in [0.4, 0.5) is 0 Å². The van der Waals surface area contributed by atoms with Gasteiger partial charge < -0.3 is 9.72 Å². The molecule has 22 heavy (non-hydrogen) atoms. The lowest BCUT2D eigenvalue weighted by Gasteiger charge is -2.06. The Morgan fingerprint density at radius 3 is 2.50 bits per heavy atom. The maximum atomic E-state index is 5.90. The Balaban J connectivity index is 1.57. The Kier molecular flexibility index (Phi) is 4.99. The number of nitrogens with one attached hydrogen (secondary N) is 1. The number of ether oxygens (including phenoxy) is 1. The second-order valence-corrected chi connectivity index (χ2v) is 5.99. The Bertz CT molecular complexity index is 729. The van der Waals surface area contributed by atoms with E-state index in [1.54, 1.807) is 0 Å². The van der Waals surface area contributed by atoms with Crippen LogP contribution < -0.4 is 4.74 Å². The number of benzene rings is 2. The van der Waals surface area contributed by atoms with Gasteiger partial charge >= 0.3 is 0 Å². The number of H-pyrrole nitrogens is 1. The Morgan fingerprint density at radius 1 is 0.818 bits per heavy atom. The minimum absolute atomic E-state index is 0.817. The molecule has 2 heteroatoms. The van der Waals surface area contributed by atoms with Crippen molar-refractivity contribution in [3.05, 3.63) is 42.5 Å². The smallest absolute Gasteiger partial charge is 0.121 e. The number of fused-ring (bicyclic) bond motifs is 3. The van der Waals surface area contributed by atoms with Crippen LogP contribution in [0.5, 0.6) is 5.75 Å². The fourth-order valence-electron chi connectivity index (χ4n) is 3.00. The van der Waals surface area contributed by atoms with Crippen LogP contribution in [0.25, 0.3) is 21.8 Å². The molecule has 3 rings (SSSR count). The summed E-state index contributed by atoms with van der Waals surface area (Å²) in [6.07, 6.45) is 7.78. The van der Waals surface area contributed by atoms with Crippen LogP contribution in [0.1, 0.15) is 45.4 Å². The highest BCUT2D eigenvalue weighted by atomic mass is 16.5. The third-order valence-electron chi connectivity index (χ3n) is 4.24. The average molecular weight is 295 g/mol. The molecule has 0 aliphatic heterocycles. The quantitative estimate of drug-likeness (QED) is 0.502. The standard InChI is InChI=1S/C20H25NO/c1-2-3-4-5-6-9-14-22-16-12-13-18-17-10-7-8-11-19(17)21-20(18)15-16/h7-8,10-13,15,21H,2-6,9,14H2,1H3. The molecule has 1 N–H and O–H groups in total. The third-order valence-corrected chi connectivity index (χ3v) is 4.24. The summed E-state index contributed by atoms with van der Waals surface area (Å²) in [5.41, 5.74) is 2.34. The largest absolute Gasteiger partial charge is 0.494 e. The maximum absolute atomic E-state index is 5.90. The highest BCUT2D eigenvalue weighted by Gasteiger charge is 2.04. The van der Waals surface area contributed by atoms with Crippen LogP contribution in [-0.2, 0) is 0 Å². The van der Waals surface area contributed by atoms with E-state index < -0.39 is 0 Å². The van der Waals surface area contributed by atoms with Crippen molar-refractivity contribution in [3.8, 4) is 5.75 Å². The van der Waals surface area contributed by atoms with Crippen molar-refractivity contribution in [2.24, 2.45) is 0 Å². The average Bonchev–Trinajstić information content (AvgIpc) is 2.91. The van der Waals surface area contributed by atoms with E-state index in [0.717, 1.165) is 24.3 Å².